The third kappa shape index (κ3) is 3.72. The Hall–Kier alpha value is -1.86. The maximum Gasteiger partial charge on any atom is 0.338 e. The van der Waals surface area contributed by atoms with Crippen molar-refractivity contribution < 1.29 is 22.7 Å². The molecule has 8 heteroatoms. The molecule has 0 aromatic heterocycles. The first-order chi connectivity index (χ1) is 11.7. The molecule has 1 N–H and O–H groups in total. The van der Waals surface area contributed by atoms with Crippen molar-refractivity contribution in [2.75, 3.05) is 6.61 Å². The Kier molecular flexibility index (Phi) is 5.58. The molecular weight excluding hydrogens is 366 g/mol. The third-order valence-corrected chi connectivity index (χ3v) is 6.27. The maximum atomic E-state index is 12.6. The standard InChI is InChI=1S/C17H20ClNO5S/c1-4-12-10-17(12,5-2)16(21)19-25(22,23)14-9-11(7-8-13(14)18)15(20)24-6-3/h4,7-9,12H,1,5-6,10H2,2-3H3,(H,19,21)/t12-,17+/m1/s1. The highest BCUT2D eigenvalue weighted by Gasteiger charge is 2.57. The summed E-state index contributed by atoms with van der Waals surface area (Å²) >= 11 is 5.97. The molecular formula is C17H20ClNO5S. The summed E-state index contributed by atoms with van der Waals surface area (Å²) in [5.74, 6) is -1.30. The average Bonchev–Trinajstić information content (AvgIpc) is 3.30. The van der Waals surface area contributed by atoms with Gasteiger partial charge in [0.05, 0.1) is 22.6 Å². The first kappa shape index (κ1) is 19.5. The van der Waals surface area contributed by atoms with E-state index in [9.17, 15) is 18.0 Å². The van der Waals surface area contributed by atoms with Crippen LogP contribution in [0.4, 0.5) is 0 Å². The van der Waals surface area contributed by atoms with Crippen molar-refractivity contribution in [2.24, 2.45) is 11.3 Å². The number of hydrogen-bond acceptors (Lipinski definition) is 5. The summed E-state index contributed by atoms with van der Waals surface area (Å²) in [5, 5.41) is -0.0880. The molecule has 6 nitrogen and oxygen atoms in total. The highest BCUT2D eigenvalue weighted by molar-refractivity contribution is 7.90. The van der Waals surface area contributed by atoms with Crippen molar-refractivity contribution in [2.45, 2.75) is 31.6 Å². The van der Waals surface area contributed by atoms with Gasteiger partial charge in [-0.25, -0.2) is 17.9 Å². The van der Waals surface area contributed by atoms with E-state index in [1.54, 1.807) is 13.0 Å². The first-order valence-corrected chi connectivity index (χ1v) is 9.74. The van der Waals surface area contributed by atoms with E-state index in [1.165, 1.54) is 12.1 Å². The topological polar surface area (TPSA) is 89.5 Å². The first-order valence-electron chi connectivity index (χ1n) is 7.88. The molecule has 1 fully saturated rings. The number of carbonyl (C=O) groups excluding carboxylic acids is 2. The van der Waals surface area contributed by atoms with Crippen LogP contribution in [0.5, 0.6) is 0 Å². The summed E-state index contributed by atoms with van der Waals surface area (Å²) < 4.78 is 32.1. The zero-order valence-electron chi connectivity index (χ0n) is 14.0. The summed E-state index contributed by atoms with van der Waals surface area (Å²) in [6, 6.07) is 3.75. The van der Waals surface area contributed by atoms with Crippen LogP contribution in [0.25, 0.3) is 0 Å². The van der Waals surface area contributed by atoms with Gasteiger partial charge in [0.15, 0.2) is 0 Å². The summed E-state index contributed by atoms with van der Waals surface area (Å²) in [4.78, 5) is 23.9. The summed E-state index contributed by atoms with van der Waals surface area (Å²) in [6.45, 7) is 7.28. The number of esters is 1. The number of sulfonamides is 1. The Bertz CT molecular complexity index is 820. The molecule has 0 radical (unpaired) electrons. The molecule has 0 saturated heterocycles. The lowest BCUT2D eigenvalue weighted by Crippen LogP contribution is -2.37. The minimum absolute atomic E-state index is 0.0414. The van der Waals surface area contributed by atoms with E-state index in [0.29, 0.717) is 12.8 Å². The molecule has 1 aromatic rings. The van der Waals surface area contributed by atoms with Crippen molar-refractivity contribution in [3.05, 3.63) is 41.4 Å². The molecule has 0 spiro atoms. The Balaban J connectivity index is 2.30. The number of hydrogen-bond donors (Lipinski definition) is 1. The van der Waals surface area contributed by atoms with E-state index in [2.05, 4.69) is 11.3 Å². The van der Waals surface area contributed by atoms with Crippen LogP contribution in [-0.4, -0.2) is 26.9 Å². The van der Waals surface area contributed by atoms with Crippen LogP contribution in [0.2, 0.25) is 5.02 Å². The number of amides is 1. The van der Waals surface area contributed by atoms with Gasteiger partial charge in [-0.1, -0.05) is 24.6 Å². The minimum Gasteiger partial charge on any atom is -0.462 e. The van der Waals surface area contributed by atoms with E-state index in [0.717, 1.165) is 6.07 Å². The number of allylic oxidation sites excluding steroid dienone is 1. The van der Waals surface area contributed by atoms with Crippen molar-refractivity contribution in [1.82, 2.24) is 4.72 Å². The third-order valence-electron chi connectivity index (χ3n) is 4.46. The number of carbonyl (C=O) groups is 2. The lowest BCUT2D eigenvalue weighted by Gasteiger charge is -2.15. The average molecular weight is 386 g/mol. The minimum atomic E-state index is -4.22. The van der Waals surface area contributed by atoms with Crippen LogP contribution >= 0.6 is 11.6 Å². The van der Waals surface area contributed by atoms with Gasteiger partial charge in [0.1, 0.15) is 4.90 Å². The number of ether oxygens (including phenoxy) is 1. The highest BCUT2D eigenvalue weighted by Crippen LogP contribution is 2.56. The van der Waals surface area contributed by atoms with Gasteiger partial charge in [0.2, 0.25) is 5.91 Å². The molecule has 2 atom stereocenters. The lowest BCUT2D eigenvalue weighted by atomic mass is 10.00. The van der Waals surface area contributed by atoms with Gasteiger partial charge in [0.25, 0.3) is 10.0 Å². The fourth-order valence-electron chi connectivity index (χ4n) is 2.80. The number of nitrogens with one attached hydrogen (secondary N) is 1. The maximum absolute atomic E-state index is 12.6. The second kappa shape index (κ2) is 7.17. The van der Waals surface area contributed by atoms with E-state index in [-0.39, 0.29) is 28.0 Å². The second-order valence-electron chi connectivity index (χ2n) is 5.86. The van der Waals surface area contributed by atoms with Gasteiger partial charge in [-0.2, -0.15) is 0 Å². The van der Waals surface area contributed by atoms with Gasteiger partial charge in [-0.15, -0.1) is 6.58 Å². The fourth-order valence-corrected chi connectivity index (χ4v) is 4.39. The molecule has 136 valence electrons. The Morgan fingerprint density at radius 3 is 2.64 bits per heavy atom. The van der Waals surface area contributed by atoms with Crippen LogP contribution in [-0.2, 0) is 19.6 Å². The molecule has 1 aliphatic rings. The molecule has 1 amide bonds. The quantitative estimate of drug-likeness (QED) is 0.575. The number of rotatable bonds is 7. The summed E-state index contributed by atoms with van der Waals surface area (Å²) in [5.41, 5.74) is -0.709. The van der Waals surface area contributed by atoms with Crippen LogP contribution in [0.3, 0.4) is 0 Å². The lowest BCUT2D eigenvalue weighted by molar-refractivity contribution is -0.124. The molecule has 1 aromatic carbocycles. The molecule has 0 unspecified atom stereocenters. The highest BCUT2D eigenvalue weighted by atomic mass is 35.5. The van der Waals surface area contributed by atoms with E-state index in [4.69, 9.17) is 16.3 Å². The molecule has 0 bridgehead atoms. The van der Waals surface area contributed by atoms with Crippen molar-refractivity contribution in [1.29, 1.82) is 0 Å². The predicted molar refractivity (Wildman–Crippen MR) is 93.8 cm³/mol. The predicted octanol–water partition coefficient (Wildman–Crippen LogP) is 2.92. The van der Waals surface area contributed by atoms with Crippen molar-refractivity contribution in [3.8, 4) is 0 Å². The second-order valence-corrected chi connectivity index (χ2v) is 7.91. The van der Waals surface area contributed by atoms with E-state index >= 15 is 0 Å². The van der Waals surface area contributed by atoms with Crippen molar-refractivity contribution >= 4 is 33.5 Å². The van der Waals surface area contributed by atoms with Gasteiger partial charge in [0, 0.05) is 0 Å². The molecule has 1 saturated carbocycles. The number of halogens is 1. The fraction of sp³-hybridized carbons (Fsp3) is 0.412. The summed E-state index contributed by atoms with van der Waals surface area (Å²) in [6.07, 6.45) is 2.72. The van der Waals surface area contributed by atoms with Gasteiger partial charge >= 0.3 is 5.97 Å². The monoisotopic (exact) mass is 385 g/mol. The summed E-state index contributed by atoms with van der Waals surface area (Å²) in [7, 11) is -4.22. The Morgan fingerprint density at radius 1 is 1.44 bits per heavy atom. The van der Waals surface area contributed by atoms with Gasteiger partial charge in [-0.05, 0) is 43.9 Å². The van der Waals surface area contributed by atoms with Gasteiger partial charge < -0.3 is 4.74 Å². The molecule has 0 aliphatic heterocycles. The molecule has 1 aliphatic carbocycles. The zero-order valence-corrected chi connectivity index (χ0v) is 15.6. The zero-order chi connectivity index (χ0) is 18.8. The van der Waals surface area contributed by atoms with E-state index in [1.807, 2.05) is 6.92 Å². The van der Waals surface area contributed by atoms with Gasteiger partial charge in [-0.3, -0.25) is 4.79 Å². The van der Waals surface area contributed by atoms with Crippen molar-refractivity contribution in [3.63, 3.8) is 0 Å². The van der Waals surface area contributed by atoms with Crippen LogP contribution < -0.4 is 4.72 Å². The van der Waals surface area contributed by atoms with Crippen LogP contribution in [0.15, 0.2) is 35.7 Å². The largest absolute Gasteiger partial charge is 0.462 e. The van der Waals surface area contributed by atoms with E-state index < -0.39 is 27.3 Å². The smallest absolute Gasteiger partial charge is 0.338 e. The normalized spacial score (nSPS) is 22.1. The van der Waals surface area contributed by atoms with Crippen LogP contribution in [0, 0.1) is 11.3 Å². The Morgan fingerprint density at radius 2 is 2.12 bits per heavy atom. The van der Waals surface area contributed by atoms with Crippen LogP contribution in [0.1, 0.15) is 37.0 Å². The molecule has 2 rings (SSSR count). The molecule has 0 heterocycles. The molecule has 25 heavy (non-hydrogen) atoms. The Labute approximate surface area is 152 Å². The number of benzene rings is 1. The SMILES string of the molecule is C=C[C@@H]1C[C@]1(CC)C(=O)NS(=O)(=O)c1cc(C(=O)OCC)ccc1Cl.